The van der Waals surface area contributed by atoms with E-state index in [0.29, 0.717) is 0 Å². The molecule has 0 atom stereocenters. The standard InChI is InChI=1S/Bi.Cu.Fe.K.Na.5H/q;;;2*+1;;;;2*-1. The Morgan fingerprint density at radius 1 is 1.20 bits per heavy atom. The molecule has 0 saturated heterocycles. The molecule has 0 N–H and O–H groups in total. The summed E-state index contributed by atoms with van der Waals surface area (Å²) in [7, 11) is 0. The van der Waals surface area contributed by atoms with Crippen molar-refractivity contribution in [1.29, 1.82) is 0 Å². The van der Waals surface area contributed by atoms with Gasteiger partial charge in [-0.2, -0.15) is 0 Å². The molecule has 0 fully saturated rings. The molecular formula is H5BiCuFeKNa. The van der Waals surface area contributed by atoms with E-state index in [1.807, 2.05) is 0 Å². The van der Waals surface area contributed by atoms with Crippen LogP contribution >= 0.6 is 0 Å². The van der Waals surface area contributed by atoms with Crippen LogP contribution in [0.5, 0.6) is 0 Å². The van der Waals surface area contributed by atoms with Gasteiger partial charge in [-0.15, -0.1) is 0 Å². The number of hydrogen-bond donors (Lipinski definition) is 0. The van der Waals surface area contributed by atoms with Gasteiger partial charge >= 0.3 is 107 Å². The third-order valence-corrected chi connectivity index (χ3v) is 0. The van der Waals surface area contributed by atoms with Crippen LogP contribution in [0.25, 0.3) is 0 Å². The Morgan fingerprint density at radius 3 is 1.20 bits per heavy atom. The van der Waals surface area contributed by atoms with Gasteiger partial charge in [-0.3, -0.25) is 0 Å². The Labute approximate surface area is 140 Å². The normalized spacial score (nSPS) is 0. The average molecular weight is 395 g/mol. The quantitative estimate of drug-likeness (QED) is 0.358. The smallest absolute Gasteiger partial charge is 1.00 e. The molecule has 5 heteroatoms. The summed E-state index contributed by atoms with van der Waals surface area (Å²) < 4.78 is 0. The molecule has 0 aliphatic carbocycles. The van der Waals surface area contributed by atoms with Crippen LogP contribution in [0.15, 0.2) is 0 Å². The van der Waals surface area contributed by atoms with Gasteiger partial charge in [0, 0.05) is 34.1 Å². The van der Waals surface area contributed by atoms with Crippen LogP contribution in [-0.2, 0) is 34.1 Å². The van der Waals surface area contributed by atoms with Gasteiger partial charge in [-0.1, -0.05) is 0 Å². The summed E-state index contributed by atoms with van der Waals surface area (Å²) >= 11 is 0. The van der Waals surface area contributed by atoms with E-state index in [4.69, 9.17) is 0 Å². The van der Waals surface area contributed by atoms with Crippen molar-refractivity contribution in [3.05, 3.63) is 0 Å². The molecule has 0 amide bonds. The van der Waals surface area contributed by atoms with E-state index < -0.39 is 0 Å². The third kappa shape index (κ3) is 17.7. The molecule has 0 spiro atoms. The molecular weight excluding hydrogens is 390 g/mol. The summed E-state index contributed by atoms with van der Waals surface area (Å²) in [6.07, 6.45) is 0. The molecule has 0 bridgehead atoms. The summed E-state index contributed by atoms with van der Waals surface area (Å²) in [5.41, 5.74) is 0. The largest absolute Gasteiger partial charge is 1.00 e. The maximum atomic E-state index is 0. The second-order valence-corrected chi connectivity index (χ2v) is 0. The predicted molar refractivity (Wildman–Crippen MR) is 12.2 cm³/mol. The zero-order chi connectivity index (χ0) is 0. The summed E-state index contributed by atoms with van der Waals surface area (Å²) in [6, 6.07) is 0. The van der Waals surface area contributed by atoms with Gasteiger partial charge in [0.2, 0.25) is 0 Å². The van der Waals surface area contributed by atoms with Gasteiger partial charge in [0.25, 0.3) is 0 Å². The molecule has 0 rings (SSSR count). The maximum Gasteiger partial charge on any atom is 1.00 e. The predicted octanol–water partition coefficient (Wildman–Crippen LogP) is -6.96. The summed E-state index contributed by atoms with van der Waals surface area (Å²) in [5.74, 6) is 0. The fourth-order valence-electron chi connectivity index (χ4n) is 0. The minimum Gasteiger partial charge on any atom is -1.00 e. The second-order valence-electron chi connectivity index (χ2n) is 0. The van der Waals surface area contributed by atoms with Crippen LogP contribution in [0.1, 0.15) is 2.85 Å². The fraction of sp³-hybridized carbons (Fsp3) is 0. The number of hydrogen-bond acceptors (Lipinski definition) is 0. The van der Waals surface area contributed by atoms with Crippen LogP contribution < -0.4 is 80.9 Å². The van der Waals surface area contributed by atoms with Crippen molar-refractivity contribution in [2.45, 2.75) is 0 Å². The van der Waals surface area contributed by atoms with Crippen molar-refractivity contribution < 1.29 is 118 Å². The SMILES string of the molecule is [BiH3].[Cu].[Fe].[H-].[H-].[K+].[Na+]. The van der Waals surface area contributed by atoms with E-state index in [-0.39, 0.29) is 144 Å². The zero-order valence-corrected chi connectivity index (χ0v) is 16.0. The summed E-state index contributed by atoms with van der Waals surface area (Å²) in [4.78, 5) is 0. The molecule has 0 saturated carbocycles. The Bertz CT molecular complexity index is 17.7. The van der Waals surface area contributed by atoms with Gasteiger partial charge < -0.3 is 2.85 Å². The monoisotopic (exact) mass is 395 g/mol. The minimum atomic E-state index is 0. The van der Waals surface area contributed by atoms with E-state index >= 15 is 0 Å². The Morgan fingerprint density at radius 2 is 1.20 bits per heavy atom. The van der Waals surface area contributed by atoms with Crippen molar-refractivity contribution in [3.8, 4) is 0 Å². The molecule has 0 unspecified atom stereocenters. The molecule has 31 valence electrons. The van der Waals surface area contributed by atoms with Crippen molar-refractivity contribution in [3.63, 3.8) is 0 Å². The fourth-order valence-corrected chi connectivity index (χ4v) is 0. The first-order valence-electron chi connectivity index (χ1n) is 0. The van der Waals surface area contributed by atoms with Crippen LogP contribution in [0, 0.1) is 0 Å². The van der Waals surface area contributed by atoms with E-state index in [9.17, 15) is 0 Å². The van der Waals surface area contributed by atoms with Gasteiger partial charge in [0.15, 0.2) is 0 Å². The zero-order valence-electron chi connectivity index (χ0n) is 5.36. The van der Waals surface area contributed by atoms with E-state index in [1.165, 1.54) is 0 Å². The first-order valence-corrected chi connectivity index (χ1v) is 0. The number of rotatable bonds is 0. The Hall–Kier alpha value is 4.56. The molecule has 5 heavy (non-hydrogen) atoms. The van der Waals surface area contributed by atoms with Gasteiger partial charge in [-0.25, -0.2) is 0 Å². The van der Waals surface area contributed by atoms with Crippen molar-refractivity contribution in [1.82, 2.24) is 0 Å². The Kier molecular flexibility index (Phi) is 159. The van der Waals surface area contributed by atoms with Crippen molar-refractivity contribution >= 4 is 26.2 Å². The van der Waals surface area contributed by atoms with Gasteiger partial charge in [0.1, 0.15) is 0 Å². The van der Waals surface area contributed by atoms with Crippen LogP contribution in [0.3, 0.4) is 0 Å². The molecule has 0 aromatic heterocycles. The Balaban J connectivity index is 0. The molecule has 0 aliphatic heterocycles. The molecule has 1 radical (unpaired) electrons. The van der Waals surface area contributed by atoms with E-state index in [1.54, 1.807) is 0 Å². The van der Waals surface area contributed by atoms with Gasteiger partial charge in [0.05, 0.1) is 0 Å². The molecule has 0 nitrogen and oxygen atoms in total. The van der Waals surface area contributed by atoms with Crippen molar-refractivity contribution in [2.75, 3.05) is 0 Å². The maximum absolute atomic E-state index is 0. The van der Waals surface area contributed by atoms with Crippen LogP contribution in [0.4, 0.5) is 0 Å². The van der Waals surface area contributed by atoms with Crippen LogP contribution in [0.2, 0.25) is 0 Å². The first-order chi connectivity index (χ1) is 0. The molecule has 0 aromatic rings. The van der Waals surface area contributed by atoms with Crippen LogP contribution in [-0.4, -0.2) is 26.2 Å². The van der Waals surface area contributed by atoms with Crippen molar-refractivity contribution in [2.24, 2.45) is 0 Å². The van der Waals surface area contributed by atoms with E-state index in [0.717, 1.165) is 0 Å². The van der Waals surface area contributed by atoms with Gasteiger partial charge in [-0.05, 0) is 0 Å². The second kappa shape index (κ2) is 23.5. The minimum absolute atomic E-state index is 0. The van der Waals surface area contributed by atoms with E-state index in [2.05, 4.69) is 0 Å². The first kappa shape index (κ1) is 33.7. The molecule has 0 aromatic carbocycles. The average Bonchev–Trinajstić information content (AvgIpc) is 0. The molecule has 0 aliphatic rings. The topological polar surface area (TPSA) is 0 Å². The third-order valence-electron chi connectivity index (χ3n) is 0. The summed E-state index contributed by atoms with van der Waals surface area (Å²) in [6.45, 7) is 0. The molecule has 0 heterocycles. The summed E-state index contributed by atoms with van der Waals surface area (Å²) in [5, 5.41) is 0.